The van der Waals surface area contributed by atoms with Crippen LogP contribution in [0.2, 0.25) is 0 Å². The number of hydrogen-bond donors (Lipinski definition) is 2. The molecule has 0 fully saturated rings. The topological polar surface area (TPSA) is 107 Å². The van der Waals surface area contributed by atoms with Crippen LogP contribution >= 0.6 is 11.3 Å². The number of thiazole rings is 1. The summed E-state index contributed by atoms with van der Waals surface area (Å²) >= 11 is 1.40. The van der Waals surface area contributed by atoms with E-state index in [1.165, 1.54) is 11.3 Å². The monoisotopic (exact) mass is 443 g/mol. The fourth-order valence-electron chi connectivity index (χ4n) is 2.99. The van der Waals surface area contributed by atoms with E-state index in [1.807, 2.05) is 25.3 Å². The van der Waals surface area contributed by atoms with E-state index >= 15 is 0 Å². The Morgan fingerprint density at radius 1 is 0.968 bits per heavy atom. The number of amides is 1. The van der Waals surface area contributed by atoms with Gasteiger partial charge in [0.15, 0.2) is 16.6 Å². The number of ether oxygens (including phenoxy) is 3. The summed E-state index contributed by atoms with van der Waals surface area (Å²) in [7, 11) is 4.65. The van der Waals surface area contributed by atoms with E-state index in [0.29, 0.717) is 40.6 Å². The Kier molecular flexibility index (Phi) is 7.24. The molecule has 3 aromatic rings. The summed E-state index contributed by atoms with van der Waals surface area (Å²) in [4.78, 5) is 25.5. The van der Waals surface area contributed by atoms with Gasteiger partial charge in [0.25, 0.3) is 0 Å². The molecule has 2 aromatic heterocycles. The molecule has 0 saturated carbocycles. The first-order valence-corrected chi connectivity index (χ1v) is 10.4. The number of aromatic nitrogens is 3. The molecule has 0 spiro atoms. The summed E-state index contributed by atoms with van der Waals surface area (Å²) in [6, 6.07) is 5.50. The van der Waals surface area contributed by atoms with Crippen LogP contribution in [-0.4, -0.2) is 42.2 Å². The molecule has 0 bridgehead atoms. The molecule has 1 aromatic carbocycles. The molecule has 0 unspecified atom stereocenters. The predicted molar refractivity (Wildman–Crippen MR) is 119 cm³/mol. The summed E-state index contributed by atoms with van der Waals surface area (Å²) in [6.45, 7) is 4.14. The van der Waals surface area contributed by atoms with Crippen molar-refractivity contribution in [2.75, 3.05) is 26.6 Å². The number of carbonyl (C=O) groups excluding carboxylic acids is 1. The molecule has 31 heavy (non-hydrogen) atoms. The van der Waals surface area contributed by atoms with Crippen molar-refractivity contribution in [3.05, 3.63) is 46.2 Å². The van der Waals surface area contributed by atoms with Crippen molar-refractivity contribution in [3.63, 3.8) is 0 Å². The van der Waals surface area contributed by atoms with Crippen LogP contribution in [0.5, 0.6) is 17.2 Å². The minimum absolute atomic E-state index is 0.145. The highest BCUT2D eigenvalue weighted by atomic mass is 32.1. The molecule has 10 heteroatoms. The summed E-state index contributed by atoms with van der Waals surface area (Å²) in [5.41, 5.74) is 3.24. The standard InChI is InChI=1S/C21H25N5O4S/c1-12-6-13(2)24-20(23-12)26-21-25-15(11-31-21)9-18(27)22-10-14-7-16(28-3)19(30-5)17(8-14)29-4/h6-8,11H,9-10H2,1-5H3,(H,22,27)(H,23,24,25,26). The zero-order valence-corrected chi connectivity index (χ0v) is 18.9. The maximum absolute atomic E-state index is 12.4. The number of methoxy groups -OCH3 is 3. The van der Waals surface area contributed by atoms with Gasteiger partial charge < -0.3 is 24.8 Å². The van der Waals surface area contributed by atoms with E-state index < -0.39 is 0 Å². The zero-order chi connectivity index (χ0) is 22.4. The van der Waals surface area contributed by atoms with Crippen LogP contribution in [0, 0.1) is 13.8 Å². The third-order valence-electron chi connectivity index (χ3n) is 4.31. The molecule has 164 valence electrons. The van der Waals surface area contributed by atoms with E-state index in [9.17, 15) is 4.79 Å². The summed E-state index contributed by atoms with van der Waals surface area (Å²) < 4.78 is 16.0. The van der Waals surface area contributed by atoms with Crippen LogP contribution in [0.1, 0.15) is 22.6 Å². The molecule has 2 heterocycles. The Bertz CT molecular complexity index is 1020. The Balaban J connectivity index is 1.59. The van der Waals surface area contributed by atoms with Gasteiger partial charge in [0.2, 0.25) is 17.6 Å². The molecule has 0 aliphatic carbocycles. The second-order valence-corrected chi connectivity index (χ2v) is 7.59. The number of anilines is 2. The number of nitrogens with zero attached hydrogens (tertiary/aromatic N) is 3. The second-order valence-electron chi connectivity index (χ2n) is 6.73. The molecule has 0 aliphatic heterocycles. The van der Waals surface area contributed by atoms with Gasteiger partial charge in [0.1, 0.15) is 0 Å². The molecular formula is C21H25N5O4S. The first-order chi connectivity index (χ1) is 14.9. The predicted octanol–water partition coefficient (Wildman–Crippen LogP) is 3.18. The molecule has 0 saturated heterocycles. The Morgan fingerprint density at radius 3 is 2.19 bits per heavy atom. The fourth-order valence-corrected chi connectivity index (χ4v) is 3.69. The SMILES string of the molecule is COc1cc(CNC(=O)Cc2csc(Nc3nc(C)cc(C)n3)n2)cc(OC)c1OC. The number of carbonyl (C=O) groups is 1. The minimum Gasteiger partial charge on any atom is -0.493 e. The van der Waals surface area contributed by atoms with E-state index in [4.69, 9.17) is 14.2 Å². The second kappa shape index (κ2) is 10.1. The Morgan fingerprint density at radius 2 is 1.61 bits per heavy atom. The van der Waals surface area contributed by atoms with E-state index in [1.54, 1.807) is 33.5 Å². The number of nitrogens with one attached hydrogen (secondary N) is 2. The van der Waals surface area contributed by atoms with Crippen molar-refractivity contribution in [2.24, 2.45) is 0 Å². The minimum atomic E-state index is -0.145. The molecule has 0 radical (unpaired) electrons. The summed E-state index contributed by atoms with van der Waals surface area (Å²) in [5, 5.41) is 8.45. The van der Waals surface area contributed by atoms with Gasteiger partial charge in [0, 0.05) is 23.3 Å². The summed E-state index contributed by atoms with van der Waals surface area (Å²) in [6.07, 6.45) is 0.163. The largest absolute Gasteiger partial charge is 0.493 e. The lowest BCUT2D eigenvalue weighted by Gasteiger charge is -2.14. The van der Waals surface area contributed by atoms with Crippen LogP contribution in [-0.2, 0) is 17.8 Å². The van der Waals surface area contributed by atoms with Crippen molar-refractivity contribution in [1.29, 1.82) is 0 Å². The van der Waals surface area contributed by atoms with E-state index in [2.05, 4.69) is 25.6 Å². The number of aryl methyl sites for hydroxylation is 2. The van der Waals surface area contributed by atoms with Gasteiger partial charge >= 0.3 is 0 Å². The van der Waals surface area contributed by atoms with Gasteiger partial charge in [0.05, 0.1) is 33.4 Å². The van der Waals surface area contributed by atoms with Crippen LogP contribution in [0.4, 0.5) is 11.1 Å². The van der Waals surface area contributed by atoms with Crippen LogP contribution < -0.4 is 24.8 Å². The molecule has 2 N–H and O–H groups in total. The third kappa shape index (κ3) is 5.82. The van der Waals surface area contributed by atoms with Gasteiger partial charge in [-0.15, -0.1) is 11.3 Å². The van der Waals surface area contributed by atoms with Crippen molar-refractivity contribution < 1.29 is 19.0 Å². The smallest absolute Gasteiger partial charge is 0.229 e. The van der Waals surface area contributed by atoms with E-state index in [0.717, 1.165) is 17.0 Å². The lowest BCUT2D eigenvalue weighted by molar-refractivity contribution is -0.120. The van der Waals surface area contributed by atoms with Crippen LogP contribution in [0.25, 0.3) is 0 Å². The van der Waals surface area contributed by atoms with Gasteiger partial charge in [-0.05, 0) is 37.6 Å². The molecule has 1 amide bonds. The summed E-state index contributed by atoms with van der Waals surface area (Å²) in [5.74, 6) is 1.93. The third-order valence-corrected chi connectivity index (χ3v) is 5.12. The normalized spacial score (nSPS) is 10.5. The molecule has 9 nitrogen and oxygen atoms in total. The highest BCUT2D eigenvalue weighted by Crippen LogP contribution is 2.38. The average Bonchev–Trinajstić information content (AvgIpc) is 3.16. The Hall–Kier alpha value is -3.40. The Labute approximate surface area is 184 Å². The first-order valence-electron chi connectivity index (χ1n) is 9.51. The van der Waals surface area contributed by atoms with Crippen LogP contribution in [0.3, 0.4) is 0 Å². The van der Waals surface area contributed by atoms with Crippen LogP contribution in [0.15, 0.2) is 23.6 Å². The van der Waals surface area contributed by atoms with Crippen molar-refractivity contribution in [1.82, 2.24) is 20.3 Å². The fraction of sp³-hybridized carbons (Fsp3) is 0.333. The maximum atomic E-state index is 12.4. The maximum Gasteiger partial charge on any atom is 0.229 e. The molecular weight excluding hydrogens is 418 g/mol. The first kappa shape index (κ1) is 22.3. The lowest BCUT2D eigenvalue weighted by atomic mass is 10.1. The van der Waals surface area contributed by atoms with Gasteiger partial charge in [-0.25, -0.2) is 15.0 Å². The number of benzene rings is 1. The molecule has 0 atom stereocenters. The van der Waals surface area contributed by atoms with Crippen molar-refractivity contribution >= 4 is 28.3 Å². The molecule has 0 aliphatic rings. The number of hydrogen-bond acceptors (Lipinski definition) is 9. The lowest BCUT2D eigenvalue weighted by Crippen LogP contribution is -2.24. The van der Waals surface area contributed by atoms with Crippen molar-refractivity contribution in [2.45, 2.75) is 26.8 Å². The zero-order valence-electron chi connectivity index (χ0n) is 18.1. The van der Waals surface area contributed by atoms with Gasteiger partial charge in [-0.2, -0.15) is 0 Å². The number of rotatable bonds is 9. The van der Waals surface area contributed by atoms with E-state index in [-0.39, 0.29) is 12.3 Å². The molecule has 3 rings (SSSR count). The quantitative estimate of drug-likeness (QED) is 0.519. The highest BCUT2D eigenvalue weighted by molar-refractivity contribution is 7.13. The van der Waals surface area contributed by atoms with Crippen molar-refractivity contribution in [3.8, 4) is 17.2 Å². The highest BCUT2D eigenvalue weighted by Gasteiger charge is 2.14. The average molecular weight is 444 g/mol. The van der Waals surface area contributed by atoms with Gasteiger partial charge in [-0.1, -0.05) is 0 Å². The van der Waals surface area contributed by atoms with Gasteiger partial charge in [-0.3, -0.25) is 4.79 Å².